The number of aryl methyl sites for hydroxylation is 3. The van der Waals surface area contributed by atoms with Crippen LogP contribution in [-0.4, -0.2) is 31.5 Å². The topological polar surface area (TPSA) is 60.1 Å². The number of hydrogen-bond acceptors (Lipinski definition) is 4. The number of rotatable bonds is 2. The van der Waals surface area contributed by atoms with Crippen LogP contribution in [0.3, 0.4) is 0 Å². The number of carbonyl (C=O) groups is 1. The van der Waals surface area contributed by atoms with Gasteiger partial charge in [0.05, 0.1) is 16.3 Å². The van der Waals surface area contributed by atoms with E-state index in [0.29, 0.717) is 15.1 Å². The zero-order chi connectivity index (χ0) is 20.1. The molecule has 0 spiro atoms. The normalized spacial score (nSPS) is 19.5. The van der Waals surface area contributed by atoms with Gasteiger partial charge >= 0.3 is 0 Å². The molecule has 2 aliphatic rings. The predicted molar refractivity (Wildman–Crippen MR) is 115 cm³/mol. The van der Waals surface area contributed by atoms with Gasteiger partial charge in [-0.25, -0.2) is 4.98 Å². The minimum atomic E-state index is 0.0187. The third-order valence-electron chi connectivity index (χ3n) is 6.44. The lowest BCUT2D eigenvalue weighted by atomic mass is 10.1. The Morgan fingerprint density at radius 3 is 2.86 bits per heavy atom. The Kier molecular flexibility index (Phi) is 4.57. The van der Waals surface area contributed by atoms with Gasteiger partial charge in [0.15, 0.2) is 0 Å². The fourth-order valence-corrected chi connectivity index (χ4v) is 6.04. The molecule has 0 aliphatic carbocycles. The van der Waals surface area contributed by atoms with Crippen molar-refractivity contribution in [3.05, 3.63) is 50.6 Å². The first-order valence-corrected chi connectivity index (χ1v) is 11.3. The average Bonchev–Trinajstić information content (AvgIpc) is 3.37. The van der Waals surface area contributed by atoms with Gasteiger partial charge in [0, 0.05) is 38.4 Å². The Morgan fingerprint density at radius 2 is 2.07 bits per heavy atom. The average molecular weight is 411 g/mol. The van der Waals surface area contributed by atoms with Crippen molar-refractivity contribution in [3.8, 4) is 0 Å². The molecule has 0 aromatic carbocycles. The molecule has 6 nitrogen and oxygen atoms in total. The molecule has 0 N–H and O–H groups in total. The predicted octanol–water partition coefficient (Wildman–Crippen LogP) is 3.81. The molecule has 0 bridgehead atoms. The summed E-state index contributed by atoms with van der Waals surface area (Å²) in [4.78, 5) is 34.9. The fraction of sp³-hybridized carbons (Fsp3) is 0.500. The van der Waals surface area contributed by atoms with E-state index in [2.05, 4.69) is 10.6 Å². The third-order valence-corrected chi connectivity index (χ3v) is 7.62. The molecule has 5 rings (SSSR count). The second-order valence-corrected chi connectivity index (χ2v) is 9.23. The van der Waals surface area contributed by atoms with Crippen LogP contribution in [0.5, 0.6) is 0 Å². The Bertz CT molecular complexity index is 1160. The zero-order valence-electron chi connectivity index (χ0n) is 17.0. The summed E-state index contributed by atoms with van der Waals surface area (Å²) in [6.07, 6.45) is 8.12. The van der Waals surface area contributed by atoms with Gasteiger partial charge in [0.1, 0.15) is 10.7 Å². The van der Waals surface area contributed by atoms with E-state index in [1.807, 2.05) is 31.1 Å². The van der Waals surface area contributed by atoms with Gasteiger partial charge in [0.25, 0.3) is 11.5 Å². The molecule has 2 aliphatic heterocycles. The number of aromatic nitrogens is 3. The van der Waals surface area contributed by atoms with Crippen LogP contribution < -0.4 is 5.56 Å². The van der Waals surface area contributed by atoms with Crippen LogP contribution in [0.2, 0.25) is 0 Å². The molecule has 1 amide bonds. The van der Waals surface area contributed by atoms with E-state index in [1.54, 1.807) is 4.57 Å². The highest BCUT2D eigenvalue weighted by Gasteiger charge is 2.32. The molecule has 3 aromatic rings. The molecule has 1 unspecified atom stereocenters. The maximum Gasteiger partial charge on any atom is 0.264 e. The lowest BCUT2D eigenvalue weighted by molar-refractivity contribution is 0.0679. The SMILES string of the molecule is Cc1c(C(=O)N2CCCCCC2c2cccn2C)sc2nc3n(c(=O)c12)CCC3. The van der Waals surface area contributed by atoms with Gasteiger partial charge in [-0.3, -0.25) is 14.2 Å². The standard InChI is InChI=1S/C22H26N4O2S/c1-14-18-20(23-17-10-7-13-26(17)21(18)27)29-19(14)22(28)25-12-5-3-4-8-16(25)15-9-6-11-24(15)2/h6,9,11,16H,3-5,7-8,10,12-13H2,1-2H3. The summed E-state index contributed by atoms with van der Waals surface area (Å²) in [5.41, 5.74) is 1.99. The van der Waals surface area contributed by atoms with E-state index in [9.17, 15) is 9.59 Å². The van der Waals surface area contributed by atoms with E-state index in [4.69, 9.17) is 4.98 Å². The first-order valence-electron chi connectivity index (χ1n) is 10.5. The molecular weight excluding hydrogens is 384 g/mol. The molecule has 0 saturated carbocycles. The zero-order valence-corrected chi connectivity index (χ0v) is 17.8. The number of thiophene rings is 1. The quantitative estimate of drug-likeness (QED) is 0.645. The Hall–Kier alpha value is -2.41. The summed E-state index contributed by atoms with van der Waals surface area (Å²) < 4.78 is 3.90. The van der Waals surface area contributed by atoms with Crippen molar-refractivity contribution in [1.82, 2.24) is 19.0 Å². The number of nitrogens with zero attached hydrogens (tertiary/aromatic N) is 4. The van der Waals surface area contributed by atoms with Crippen LogP contribution in [0, 0.1) is 6.92 Å². The lowest BCUT2D eigenvalue weighted by Gasteiger charge is -2.30. The number of fused-ring (bicyclic) bond motifs is 2. The first kappa shape index (κ1) is 18.6. The lowest BCUT2D eigenvalue weighted by Crippen LogP contribution is -2.35. The summed E-state index contributed by atoms with van der Waals surface area (Å²) in [5, 5.41) is 0.634. The van der Waals surface area contributed by atoms with Crippen LogP contribution in [0.25, 0.3) is 10.2 Å². The second-order valence-electron chi connectivity index (χ2n) is 8.23. The van der Waals surface area contributed by atoms with Crippen LogP contribution in [0.1, 0.15) is 64.9 Å². The highest BCUT2D eigenvalue weighted by molar-refractivity contribution is 7.20. The van der Waals surface area contributed by atoms with Crippen molar-refractivity contribution >= 4 is 27.5 Å². The highest BCUT2D eigenvalue weighted by atomic mass is 32.1. The summed E-state index contributed by atoms with van der Waals surface area (Å²) in [7, 11) is 2.04. The molecule has 0 radical (unpaired) electrons. The Balaban J connectivity index is 1.59. The fourth-order valence-electron chi connectivity index (χ4n) is 4.89. The molecule has 1 saturated heterocycles. The van der Waals surface area contributed by atoms with E-state index < -0.39 is 0 Å². The number of likely N-dealkylation sites (tertiary alicyclic amines) is 1. The summed E-state index contributed by atoms with van der Waals surface area (Å²) in [6.45, 7) is 3.40. The number of amides is 1. The van der Waals surface area contributed by atoms with E-state index in [1.165, 1.54) is 17.0 Å². The highest BCUT2D eigenvalue weighted by Crippen LogP contribution is 2.35. The van der Waals surface area contributed by atoms with Crippen molar-refractivity contribution in [3.63, 3.8) is 0 Å². The Labute approximate surface area is 173 Å². The van der Waals surface area contributed by atoms with Crippen LogP contribution in [0.15, 0.2) is 23.1 Å². The summed E-state index contributed by atoms with van der Waals surface area (Å²) in [6, 6.07) is 4.24. The molecule has 1 atom stereocenters. The maximum atomic E-state index is 13.7. The number of carbonyl (C=O) groups excluding carboxylic acids is 1. The van der Waals surface area contributed by atoms with Gasteiger partial charge in [-0.2, -0.15) is 0 Å². The van der Waals surface area contributed by atoms with Crippen molar-refractivity contribution in [1.29, 1.82) is 0 Å². The van der Waals surface area contributed by atoms with Gasteiger partial charge in [-0.05, 0) is 43.9 Å². The first-order chi connectivity index (χ1) is 14.1. The largest absolute Gasteiger partial charge is 0.353 e. The van der Waals surface area contributed by atoms with Gasteiger partial charge in [-0.15, -0.1) is 11.3 Å². The van der Waals surface area contributed by atoms with Gasteiger partial charge in [-0.1, -0.05) is 12.8 Å². The van der Waals surface area contributed by atoms with E-state index in [-0.39, 0.29) is 17.5 Å². The number of hydrogen-bond donors (Lipinski definition) is 0. The molecule has 152 valence electrons. The van der Waals surface area contributed by atoms with Crippen LogP contribution in [-0.2, 0) is 20.0 Å². The van der Waals surface area contributed by atoms with Crippen LogP contribution in [0.4, 0.5) is 0 Å². The van der Waals surface area contributed by atoms with Gasteiger partial charge in [0.2, 0.25) is 0 Å². The molecule has 5 heterocycles. The molecular formula is C22H26N4O2S. The monoisotopic (exact) mass is 410 g/mol. The third kappa shape index (κ3) is 2.94. The minimum Gasteiger partial charge on any atom is -0.353 e. The molecule has 1 fully saturated rings. The second kappa shape index (κ2) is 7.13. The van der Waals surface area contributed by atoms with Crippen molar-refractivity contribution in [2.75, 3.05) is 6.54 Å². The molecule has 29 heavy (non-hydrogen) atoms. The molecule has 7 heteroatoms. The van der Waals surface area contributed by atoms with Gasteiger partial charge < -0.3 is 9.47 Å². The Morgan fingerprint density at radius 1 is 1.21 bits per heavy atom. The van der Waals surface area contributed by atoms with Crippen molar-refractivity contribution in [2.24, 2.45) is 7.05 Å². The summed E-state index contributed by atoms with van der Waals surface area (Å²) in [5.74, 6) is 0.905. The van der Waals surface area contributed by atoms with E-state index >= 15 is 0 Å². The van der Waals surface area contributed by atoms with Crippen molar-refractivity contribution < 1.29 is 4.79 Å². The maximum absolute atomic E-state index is 13.7. The minimum absolute atomic E-state index is 0.0187. The van der Waals surface area contributed by atoms with Crippen LogP contribution >= 0.6 is 11.3 Å². The van der Waals surface area contributed by atoms with E-state index in [0.717, 1.165) is 63.0 Å². The summed E-state index contributed by atoms with van der Waals surface area (Å²) >= 11 is 1.39. The van der Waals surface area contributed by atoms with Crippen molar-refractivity contribution in [2.45, 2.75) is 58.0 Å². The molecule has 3 aromatic heterocycles. The smallest absolute Gasteiger partial charge is 0.264 e.